The van der Waals surface area contributed by atoms with Crippen LogP contribution in [0.5, 0.6) is 0 Å². The Kier molecular flexibility index (Phi) is 6.00. The lowest BCUT2D eigenvalue weighted by molar-refractivity contribution is -0.144. The van der Waals surface area contributed by atoms with Gasteiger partial charge in [0.15, 0.2) is 6.61 Å². The van der Waals surface area contributed by atoms with Crippen LogP contribution in [-0.2, 0) is 16.1 Å². The predicted octanol–water partition coefficient (Wildman–Crippen LogP) is 2.91. The van der Waals surface area contributed by atoms with Crippen molar-refractivity contribution in [3.63, 3.8) is 0 Å². The lowest BCUT2D eigenvalue weighted by atomic mass is 10.2. The molecule has 0 saturated heterocycles. The molecule has 1 amide bonds. The Hall–Kier alpha value is -2.97. The third-order valence-corrected chi connectivity index (χ3v) is 3.73. The molecule has 0 aliphatic heterocycles. The van der Waals surface area contributed by atoms with Gasteiger partial charge in [-0.3, -0.25) is 14.6 Å². The molecule has 0 bridgehead atoms. The van der Waals surface area contributed by atoms with Gasteiger partial charge in [-0.15, -0.1) is 0 Å². The summed E-state index contributed by atoms with van der Waals surface area (Å²) in [4.78, 5) is 31.6. The van der Waals surface area contributed by atoms with Gasteiger partial charge in [0, 0.05) is 21.8 Å². The number of esters is 1. The number of pyridine rings is 1. The first-order valence-corrected chi connectivity index (χ1v) is 8.41. The number of amides is 1. The molecule has 0 aliphatic carbocycles. The second kappa shape index (κ2) is 8.61. The zero-order chi connectivity index (χ0) is 19.2. The second-order valence-electron chi connectivity index (χ2n) is 5.22. The molecule has 0 spiro atoms. The van der Waals surface area contributed by atoms with E-state index in [1.807, 2.05) is 0 Å². The molecule has 0 fully saturated rings. The van der Waals surface area contributed by atoms with E-state index in [1.165, 1.54) is 18.3 Å². The van der Waals surface area contributed by atoms with Gasteiger partial charge in [-0.1, -0.05) is 40.5 Å². The number of halogens is 2. The van der Waals surface area contributed by atoms with E-state index in [-0.39, 0.29) is 24.7 Å². The average molecular weight is 407 g/mol. The van der Waals surface area contributed by atoms with Crippen molar-refractivity contribution in [2.75, 3.05) is 6.54 Å². The SMILES string of the molecule is O=C(CNC(=O)c1cc(Cl)ccn1)OCc1nc(-c2cccc(Cl)c2)no1. The number of nitrogens with one attached hydrogen (secondary N) is 1. The average Bonchev–Trinajstić information content (AvgIpc) is 3.13. The van der Waals surface area contributed by atoms with Crippen molar-refractivity contribution in [2.45, 2.75) is 6.61 Å². The van der Waals surface area contributed by atoms with Gasteiger partial charge < -0.3 is 14.6 Å². The Morgan fingerprint density at radius 2 is 1.96 bits per heavy atom. The minimum Gasteiger partial charge on any atom is -0.454 e. The highest BCUT2D eigenvalue weighted by molar-refractivity contribution is 6.31. The Balaban J connectivity index is 1.49. The lowest BCUT2D eigenvalue weighted by Crippen LogP contribution is -2.31. The molecule has 8 nitrogen and oxygen atoms in total. The van der Waals surface area contributed by atoms with Crippen LogP contribution >= 0.6 is 23.2 Å². The molecule has 10 heteroatoms. The van der Waals surface area contributed by atoms with Crippen molar-refractivity contribution >= 4 is 35.1 Å². The predicted molar refractivity (Wildman–Crippen MR) is 96.1 cm³/mol. The van der Waals surface area contributed by atoms with Crippen LogP contribution in [-0.4, -0.2) is 33.5 Å². The summed E-state index contributed by atoms with van der Waals surface area (Å²) >= 11 is 11.7. The van der Waals surface area contributed by atoms with E-state index in [9.17, 15) is 9.59 Å². The number of benzene rings is 1. The quantitative estimate of drug-likeness (QED) is 0.626. The first kappa shape index (κ1) is 18.8. The molecular formula is C17H12Cl2N4O4. The number of aromatic nitrogens is 3. The Morgan fingerprint density at radius 3 is 2.74 bits per heavy atom. The van der Waals surface area contributed by atoms with Gasteiger partial charge >= 0.3 is 5.97 Å². The fraction of sp³-hybridized carbons (Fsp3) is 0.118. The molecule has 138 valence electrons. The van der Waals surface area contributed by atoms with Gasteiger partial charge in [-0.2, -0.15) is 4.98 Å². The highest BCUT2D eigenvalue weighted by atomic mass is 35.5. The number of hydrogen-bond donors (Lipinski definition) is 1. The van der Waals surface area contributed by atoms with Gasteiger partial charge in [0.2, 0.25) is 5.82 Å². The molecular weight excluding hydrogens is 395 g/mol. The van der Waals surface area contributed by atoms with Crippen molar-refractivity contribution in [2.24, 2.45) is 0 Å². The minimum atomic E-state index is -0.673. The van der Waals surface area contributed by atoms with Gasteiger partial charge in [0.05, 0.1) is 0 Å². The van der Waals surface area contributed by atoms with Crippen LogP contribution in [0.15, 0.2) is 47.1 Å². The number of ether oxygens (including phenoxy) is 1. The lowest BCUT2D eigenvalue weighted by Gasteiger charge is -2.04. The molecule has 1 aromatic carbocycles. The summed E-state index contributed by atoms with van der Waals surface area (Å²) in [5.74, 6) is -0.784. The first-order chi connectivity index (χ1) is 13.0. The molecule has 0 aliphatic rings. The van der Waals surface area contributed by atoms with Crippen molar-refractivity contribution in [1.29, 1.82) is 0 Å². The van der Waals surface area contributed by atoms with Crippen molar-refractivity contribution in [3.8, 4) is 11.4 Å². The third-order valence-electron chi connectivity index (χ3n) is 3.26. The smallest absolute Gasteiger partial charge is 0.325 e. The summed E-state index contributed by atoms with van der Waals surface area (Å²) in [5.41, 5.74) is 0.767. The van der Waals surface area contributed by atoms with Crippen LogP contribution in [0.4, 0.5) is 0 Å². The van der Waals surface area contributed by atoms with Gasteiger partial charge in [0.1, 0.15) is 12.2 Å². The molecule has 1 N–H and O–H groups in total. The Bertz CT molecular complexity index is 977. The fourth-order valence-corrected chi connectivity index (χ4v) is 2.37. The molecule has 0 radical (unpaired) electrons. The maximum atomic E-state index is 11.9. The second-order valence-corrected chi connectivity index (χ2v) is 6.10. The van der Waals surface area contributed by atoms with Crippen molar-refractivity contribution < 1.29 is 18.8 Å². The van der Waals surface area contributed by atoms with Crippen LogP contribution in [0.2, 0.25) is 10.0 Å². The molecule has 3 aromatic rings. The van der Waals surface area contributed by atoms with E-state index >= 15 is 0 Å². The van der Waals surface area contributed by atoms with Crippen LogP contribution in [0.1, 0.15) is 16.4 Å². The van der Waals surface area contributed by atoms with Crippen molar-refractivity contribution in [1.82, 2.24) is 20.4 Å². The number of hydrogen-bond acceptors (Lipinski definition) is 7. The van der Waals surface area contributed by atoms with Crippen LogP contribution in [0.3, 0.4) is 0 Å². The first-order valence-electron chi connectivity index (χ1n) is 7.65. The van der Waals surface area contributed by atoms with E-state index < -0.39 is 11.9 Å². The summed E-state index contributed by atoms with van der Waals surface area (Å²) < 4.78 is 10.0. The van der Waals surface area contributed by atoms with E-state index in [0.29, 0.717) is 21.4 Å². The largest absolute Gasteiger partial charge is 0.454 e. The maximum absolute atomic E-state index is 11.9. The summed E-state index contributed by atoms with van der Waals surface area (Å²) in [6, 6.07) is 9.85. The van der Waals surface area contributed by atoms with Crippen molar-refractivity contribution in [3.05, 3.63) is 64.2 Å². The normalized spacial score (nSPS) is 10.4. The number of carbonyl (C=O) groups excluding carboxylic acids is 2. The molecule has 0 atom stereocenters. The van der Waals surface area contributed by atoms with E-state index in [1.54, 1.807) is 24.3 Å². The standard InChI is InChI=1S/C17H12Cl2N4O4/c18-11-3-1-2-10(6-11)16-22-14(27-23-16)9-26-15(24)8-21-17(25)13-7-12(19)4-5-20-13/h1-7H,8-9H2,(H,21,25). The van der Waals surface area contributed by atoms with Gasteiger partial charge in [-0.25, -0.2) is 0 Å². The third kappa shape index (κ3) is 5.25. The maximum Gasteiger partial charge on any atom is 0.325 e. The molecule has 0 saturated carbocycles. The molecule has 27 heavy (non-hydrogen) atoms. The Morgan fingerprint density at radius 1 is 1.15 bits per heavy atom. The van der Waals surface area contributed by atoms with Gasteiger partial charge in [-0.05, 0) is 24.3 Å². The molecule has 3 rings (SSSR count). The highest BCUT2D eigenvalue weighted by Gasteiger charge is 2.13. The number of rotatable bonds is 6. The summed E-state index contributed by atoms with van der Waals surface area (Å²) in [6.45, 7) is -0.569. The molecule has 2 heterocycles. The summed E-state index contributed by atoms with van der Waals surface area (Å²) in [5, 5.41) is 7.09. The highest BCUT2D eigenvalue weighted by Crippen LogP contribution is 2.20. The molecule has 2 aromatic heterocycles. The minimum absolute atomic E-state index is 0.0957. The van der Waals surface area contributed by atoms with Crippen LogP contribution < -0.4 is 5.32 Å². The Labute approximate surface area is 163 Å². The van der Waals surface area contributed by atoms with Gasteiger partial charge in [0.25, 0.3) is 11.8 Å². The molecule has 0 unspecified atom stereocenters. The number of carbonyl (C=O) groups is 2. The summed E-state index contributed by atoms with van der Waals surface area (Å²) in [6.07, 6.45) is 1.39. The van der Waals surface area contributed by atoms with Crippen LogP contribution in [0.25, 0.3) is 11.4 Å². The van der Waals surface area contributed by atoms with Crippen LogP contribution in [0, 0.1) is 0 Å². The van der Waals surface area contributed by atoms with E-state index in [2.05, 4.69) is 20.4 Å². The topological polar surface area (TPSA) is 107 Å². The number of nitrogens with zero attached hydrogens (tertiary/aromatic N) is 3. The van der Waals surface area contributed by atoms with E-state index in [0.717, 1.165) is 0 Å². The zero-order valence-electron chi connectivity index (χ0n) is 13.7. The summed E-state index contributed by atoms with van der Waals surface area (Å²) in [7, 11) is 0. The van der Waals surface area contributed by atoms with E-state index in [4.69, 9.17) is 32.5 Å². The monoisotopic (exact) mass is 406 g/mol. The zero-order valence-corrected chi connectivity index (χ0v) is 15.2. The fourth-order valence-electron chi connectivity index (χ4n) is 2.02.